The van der Waals surface area contributed by atoms with Gasteiger partial charge in [0.1, 0.15) is 6.04 Å². The minimum atomic E-state index is -0.197. The minimum Gasteiger partial charge on any atom is -0.340 e. The number of benzene rings is 2. The first-order chi connectivity index (χ1) is 11.1. The number of nitrogens with zero attached hydrogens (tertiary/aromatic N) is 1. The van der Waals surface area contributed by atoms with Crippen molar-refractivity contribution in [3.8, 4) is 0 Å². The molecule has 3 rings (SSSR count). The SMILES string of the molecule is CN(Cc1ccccc1)C(=O)C1CC(c2ccc(Br)cc2)NN1. The summed E-state index contributed by atoms with van der Waals surface area (Å²) in [4.78, 5) is 14.4. The van der Waals surface area contributed by atoms with Crippen LogP contribution in [0.15, 0.2) is 59.1 Å². The molecule has 0 aromatic heterocycles. The lowest BCUT2D eigenvalue weighted by atomic mass is 10.0. The van der Waals surface area contributed by atoms with E-state index in [1.165, 1.54) is 5.56 Å². The van der Waals surface area contributed by atoms with Crippen LogP contribution >= 0.6 is 15.9 Å². The fraction of sp³-hybridized carbons (Fsp3) is 0.278. The average Bonchev–Trinajstić information content (AvgIpc) is 3.05. The van der Waals surface area contributed by atoms with Crippen molar-refractivity contribution in [2.75, 3.05) is 7.05 Å². The summed E-state index contributed by atoms with van der Waals surface area (Å²) in [5.74, 6) is 0.112. The van der Waals surface area contributed by atoms with Gasteiger partial charge in [0, 0.05) is 24.1 Å². The Balaban J connectivity index is 1.59. The normalized spacial score (nSPS) is 20.4. The molecule has 5 heteroatoms. The molecule has 2 atom stereocenters. The summed E-state index contributed by atoms with van der Waals surface area (Å²) >= 11 is 3.44. The van der Waals surface area contributed by atoms with E-state index >= 15 is 0 Å². The second-order valence-corrected chi connectivity index (χ2v) is 6.78. The van der Waals surface area contributed by atoms with Crippen LogP contribution in [0.3, 0.4) is 0 Å². The van der Waals surface area contributed by atoms with Crippen LogP contribution in [0.1, 0.15) is 23.6 Å². The van der Waals surface area contributed by atoms with Crippen molar-refractivity contribution in [3.05, 3.63) is 70.2 Å². The second-order valence-electron chi connectivity index (χ2n) is 5.86. The number of hydrogen-bond donors (Lipinski definition) is 2. The largest absolute Gasteiger partial charge is 0.340 e. The lowest BCUT2D eigenvalue weighted by Gasteiger charge is -2.20. The quantitative estimate of drug-likeness (QED) is 0.865. The van der Waals surface area contributed by atoms with Gasteiger partial charge in [0.05, 0.1) is 0 Å². The Morgan fingerprint density at radius 1 is 1.13 bits per heavy atom. The molecule has 1 aliphatic heterocycles. The summed E-state index contributed by atoms with van der Waals surface area (Å²) < 4.78 is 1.06. The van der Waals surface area contributed by atoms with E-state index in [0.29, 0.717) is 6.54 Å². The van der Waals surface area contributed by atoms with Gasteiger partial charge < -0.3 is 4.90 Å². The number of hydrazine groups is 1. The number of halogens is 1. The lowest BCUT2D eigenvalue weighted by Crippen LogP contribution is -2.43. The monoisotopic (exact) mass is 373 g/mol. The molecular formula is C18H20BrN3O. The predicted molar refractivity (Wildman–Crippen MR) is 94.5 cm³/mol. The van der Waals surface area contributed by atoms with E-state index in [2.05, 4.69) is 38.9 Å². The van der Waals surface area contributed by atoms with Gasteiger partial charge in [-0.2, -0.15) is 0 Å². The first-order valence-electron chi connectivity index (χ1n) is 7.69. The van der Waals surface area contributed by atoms with Crippen LogP contribution in [0.4, 0.5) is 0 Å². The molecule has 2 aromatic rings. The molecule has 1 amide bonds. The lowest BCUT2D eigenvalue weighted by molar-refractivity contribution is -0.132. The molecule has 1 heterocycles. The van der Waals surface area contributed by atoms with Crippen LogP contribution in [-0.2, 0) is 11.3 Å². The third-order valence-corrected chi connectivity index (χ3v) is 4.64. The Morgan fingerprint density at radius 3 is 2.52 bits per heavy atom. The van der Waals surface area contributed by atoms with Crippen molar-refractivity contribution in [3.63, 3.8) is 0 Å². The number of hydrogen-bond acceptors (Lipinski definition) is 3. The molecule has 23 heavy (non-hydrogen) atoms. The highest BCUT2D eigenvalue weighted by molar-refractivity contribution is 9.10. The maximum absolute atomic E-state index is 12.6. The predicted octanol–water partition coefficient (Wildman–Crippen LogP) is 3.02. The Labute approximate surface area is 145 Å². The van der Waals surface area contributed by atoms with E-state index in [1.807, 2.05) is 49.5 Å². The molecular weight excluding hydrogens is 354 g/mol. The van der Waals surface area contributed by atoms with Crippen molar-refractivity contribution in [1.82, 2.24) is 15.8 Å². The summed E-state index contributed by atoms with van der Waals surface area (Å²) in [6.07, 6.45) is 0.750. The molecule has 120 valence electrons. The van der Waals surface area contributed by atoms with Gasteiger partial charge in [0.2, 0.25) is 5.91 Å². The van der Waals surface area contributed by atoms with Gasteiger partial charge in [-0.15, -0.1) is 0 Å². The van der Waals surface area contributed by atoms with Crippen LogP contribution in [0.5, 0.6) is 0 Å². The molecule has 1 saturated heterocycles. The number of likely N-dealkylation sites (N-methyl/N-ethyl adjacent to an activating group) is 1. The van der Waals surface area contributed by atoms with E-state index in [-0.39, 0.29) is 18.0 Å². The molecule has 2 unspecified atom stereocenters. The summed E-state index contributed by atoms with van der Waals surface area (Å²) in [6, 6.07) is 18.2. The number of nitrogens with one attached hydrogen (secondary N) is 2. The molecule has 1 fully saturated rings. The summed E-state index contributed by atoms with van der Waals surface area (Å²) in [5, 5.41) is 0. The summed E-state index contributed by atoms with van der Waals surface area (Å²) in [5.41, 5.74) is 8.68. The topological polar surface area (TPSA) is 44.4 Å². The molecule has 0 aliphatic carbocycles. The molecule has 2 aromatic carbocycles. The highest BCUT2D eigenvalue weighted by atomic mass is 79.9. The van der Waals surface area contributed by atoms with Crippen molar-refractivity contribution < 1.29 is 4.79 Å². The van der Waals surface area contributed by atoms with Gasteiger partial charge in [-0.25, -0.2) is 10.9 Å². The summed E-state index contributed by atoms with van der Waals surface area (Å²) in [6.45, 7) is 0.626. The molecule has 2 N–H and O–H groups in total. The van der Waals surface area contributed by atoms with Gasteiger partial charge >= 0.3 is 0 Å². The number of carbonyl (C=O) groups is 1. The van der Waals surface area contributed by atoms with Crippen LogP contribution in [-0.4, -0.2) is 23.9 Å². The Bertz CT molecular complexity index is 660. The molecule has 0 bridgehead atoms. The highest BCUT2D eigenvalue weighted by Crippen LogP contribution is 2.24. The van der Waals surface area contributed by atoms with Crippen LogP contribution < -0.4 is 10.9 Å². The minimum absolute atomic E-state index is 0.112. The molecule has 0 spiro atoms. The second kappa shape index (κ2) is 7.25. The zero-order chi connectivity index (χ0) is 16.2. The maximum Gasteiger partial charge on any atom is 0.241 e. The van der Waals surface area contributed by atoms with Gasteiger partial charge in [-0.3, -0.25) is 4.79 Å². The van der Waals surface area contributed by atoms with E-state index < -0.39 is 0 Å². The molecule has 4 nitrogen and oxygen atoms in total. The standard InChI is InChI=1S/C18H20BrN3O/c1-22(12-13-5-3-2-4-6-13)18(23)17-11-16(20-21-17)14-7-9-15(19)10-8-14/h2-10,16-17,20-21H,11-12H2,1H3. The average molecular weight is 374 g/mol. The Morgan fingerprint density at radius 2 is 1.83 bits per heavy atom. The summed E-state index contributed by atoms with van der Waals surface area (Å²) in [7, 11) is 1.85. The van der Waals surface area contributed by atoms with E-state index in [4.69, 9.17) is 0 Å². The van der Waals surface area contributed by atoms with E-state index in [9.17, 15) is 4.79 Å². The third-order valence-electron chi connectivity index (χ3n) is 4.11. The molecule has 1 aliphatic rings. The van der Waals surface area contributed by atoms with Gasteiger partial charge in [-0.1, -0.05) is 58.4 Å². The fourth-order valence-corrected chi connectivity index (χ4v) is 3.10. The zero-order valence-corrected chi connectivity index (χ0v) is 14.6. The highest BCUT2D eigenvalue weighted by Gasteiger charge is 2.31. The smallest absolute Gasteiger partial charge is 0.241 e. The van der Waals surface area contributed by atoms with Gasteiger partial charge in [-0.05, 0) is 29.7 Å². The molecule has 0 saturated carbocycles. The van der Waals surface area contributed by atoms with Gasteiger partial charge in [0.25, 0.3) is 0 Å². The van der Waals surface area contributed by atoms with Crippen molar-refractivity contribution >= 4 is 21.8 Å². The first kappa shape index (κ1) is 16.2. The zero-order valence-electron chi connectivity index (χ0n) is 13.0. The number of rotatable bonds is 4. The van der Waals surface area contributed by atoms with E-state index in [0.717, 1.165) is 16.5 Å². The molecule has 0 radical (unpaired) electrons. The van der Waals surface area contributed by atoms with Crippen LogP contribution in [0.2, 0.25) is 0 Å². The number of amides is 1. The van der Waals surface area contributed by atoms with Gasteiger partial charge in [0.15, 0.2) is 0 Å². The third kappa shape index (κ3) is 3.99. The fourth-order valence-electron chi connectivity index (χ4n) is 2.83. The van der Waals surface area contributed by atoms with Crippen molar-refractivity contribution in [1.29, 1.82) is 0 Å². The van der Waals surface area contributed by atoms with Crippen molar-refractivity contribution in [2.45, 2.75) is 25.0 Å². The van der Waals surface area contributed by atoms with Crippen molar-refractivity contribution in [2.24, 2.45) is 0 Å². The maximum atomic E-state index is 12.6. The van der Waals surface area contributed by atoms with Crippen LogP contribution in [0.25, 0.3) is 0 Å². The van der Waals surface area contributed by atoms with E-state index in [1.54, 1.807) is 4.90 Å². The Hall–Kier alpha value is -1.69. The first-order valence-corrected chi connectivity index (χ1v) is 8.48. The Kier molecular flexibility index (Phi) is 5.10. The number of carbonyl (C=O) groups excluding carboxylic acids is 1. The van der Waals surface area contributed by atoms with Crippen LogP contribution in [0, 0.1) is 0 Å².